The molecule has 0 aromatic heterocycles. The molecule has 0 unspecified atom stereocenters. The summed E-state index contributed by atoms with van der Waals surface area (Å²) in [6.07, 6.45) is 1.04. The van der Waals surface area contributed by atoms with Gasteiger partial charge in [-0.25, -0.2) is 4.79 Å². The van der Waals surface area contributed by atoms with E-state index in [9.17, 15) is 9.59 Å². The Morgan fingerprint density at radius 3 is 2.32 bits per heavy atom. The molecule has 1 N–H and O–H groups in total. The van der Waals surface area contributed by atoms with Crippen LogP contribution >= 0.6 is 0 Å². The van der Waals surface area contributed by atoms with Gasteiger partial charge in [0.05, 0.1) is 0 Å². The van der Waals surface area contributed by atoms with Crippen molar-refractivity contribution in [2.24, 2.45) is 0 Å². The number of nitrogens with one attached hydrogen (secondary N) is 1. The van der Waals surface area contributed by atoms with E-state index in [0.29, 0.717) is 19.5 Å². The largest absolute Gasteiger partial charge is 0.445 e. The van der Waals surface area contributed by atoms with Crippen LogP contribution in [-0.2, 0) is 22.7 Å². The molecular formula is C20H22N2O3. The van der Waals surface area contributed by atoms with E-state index in [0.717, 1.165) is 17.5 Å². The van der Waals surface area contributed by atoms with Crippen molar-refractivity contribution in [2.75, 3.05) is 6.54 Å². The van der Waals surface area contributed by atoms with Crippen LogP contribution in [0, 0.1) is 0 Å². The highest BCUT2D eigenvalue weighted by Crippen LogP contribution is 2.17. The van der Waals surface area contributed by atoms with Crippen molar-refractivity contribution in [1.29, 1.82) is 0 Å². The first kappa shape index (κ1) is 17.0. The van der Waals surface area contributed by atoms with Crippen LogP contribution in [0.25, 0.3) is 0 Å². The van der Waals surface area contributed by atoms with Gasteiger partial charge in [-0.3, -0.25) is 9.69 Å². The molecule has 3 rings (SSSR count). The molecule has 5 nitrogen and oxygen atoms in total. The highest BCUT2D eigenvalue weighted by molar-refractivity contribution is 5.86. The summed E-state index contributed by atoms with van der Waals surface area (Å²) in [5.41, 5.74) is 1.89. The van der Waals surface area contributed by atoms with Crippen molar-refractivity contribution in [1.82, 2.24) is 10.2 Å². The zero-order valence-electron chi connectivity index (χ0n) is 14.1. The second-order valence-electron chi connectivity index (χ2n) is 6.10. The third-order valence-corrected chi connectivity index (χ3v) is 4.27. The van der Waals surface area contributed by atoms with E-state index in [1.165, 1.54) is 4.90 Å². The lowest BCUT2D eigenvalue weighted by atomic mass is 10.0. The number of hydrogen-bond acceptors (Lipinski definition) is 3. The van der Waals surface area contributed by atoms with Gasteiger partial charge in [0.1, 0.15) is 12.6 Å². The lowest BCUT2D eigenvalue weighted by Crippen LogP contribution is -2.52. The molecule has 1 heterocycles. The second kappa shape index (κ2) is 8.33. The maximum absolute atomic E-state index is 12.7. The fraction of sp³-hybridized carbons (Fsp3) is 0.300. The normalized spacial score (nSPS) is 16.8. The molecule has 0 saturated carbocycles. The van der Waals surface area contributed by atoms with Crippen molar-refractivity contribution in [2.45, 2.75) is 32.0 Å². The number of ether oxygens (including phenoxy) is 1. The molecule has 1 aliphatic heterocycles. The Labute approximate surface area is 147 Å². The fourth-order valence-corrected chi connectivity index (χ4v) is 2.94. The van der Waals surface area contributed by atoms with Crippen molar-refractivity contribution < 1.29 is 14.3 Å². The number of rotatable bonds is 5. The number of hydrogen-bond donors (Lipinski definition) is 1. The van der Waals surface area contributed by atoms with Crippen LogP contribution < -0.4 is 5.32 Å². The summed E-state index contributed by atoms with van der Waals surface area (Å²) in [5, 5.41) is 2.84. The van der Waals surface area contributed by atoms with Gasteiger partial charge in [-0.05, 0) is 24.0 Å². The number of benzene rings is 2. The van der Waals surface area contributed by atoms with E-state index < -0.39 is 12.1 Å². The molecule has 5 heteroatoms. The van der Waals surface area contributed by atoms with Crippen LogP contribution in [0.3, 0.4) is 0 Å². The highest BCUT2D eigenvalue weighted by Gasteiger charge is 2.32. The fourth-order valence-electron chi connectivity index (χ4n) is 2.94. The quantitative estimate of drug-likeness (QED) is 0.911. The van der Waals surface area contributed by atoms with Crippen molar-refractivity contribution >= 4 is 12.0 Å². The van der Waals surface area contributed by atoms with Crippen LogP contribution in [0.4, 0.5) is 4.79 Å². The Kier molecular flexibility index (Phi) is 5.67. The summed E-state index contributed by atoms with van der Waals surface area (Å²) in [5.74, 6) is -0.112. The molecule has 0 bridgehead atoms. The van der Waals surface area contributed by atoms with Gasteiger partial charge in [0.15, 0.2) is 0 Å². The van der Waals surface area contributed by atoms with Crippen molar-refractivity contribution in [3.63, 3.8) is 0 Å². The Balaban J connectivity index is 1.72. The lowest BCUT2D eigenvalue weighted by molar-refractivity contribution is -0.128. The summed E-state index contributed by atoms with van der Waals surface area (Å²) in [6, 6.07) is 18.7. The van der Waals surface area contributed by atoms with Gasteiger partial charge < -0.3 is 10.1 Å². The SMILES string of the molecule is O=C1NCCC[C@@H]1N(Cc1ccccc1)C(=O)OCc1ccccc1. The van der Waals surface area contributed by atoms with Crippen LogP contribution in [0.1, 0.15) is 24.0 Å². The third kappa shape index (κ3) is 4.59. The monoisotopic (exact) mass is 338 g/mol. The maximum atomic E-state index is 12.7. The minimum absolute atomic E-state index is 0.112. The zero-order valence-corrected chi connectivity index (χ0v) is 14.1. The van der Waals surface area contributed by atoms with E-state index in [1.54, 1.807) is 0 Å². The summed E-state index contributed by atoms with van der Waals surface area (Å²) < 4.78 is 5.47. The number of piperidine rings is 1. The number of carbonyl (C=O) groups is 2. The van der Waals surface area contributed by atoms with E-state index >= 15 is 0 Å². The Morgan fingerprint density at radius 2 is 1.68 bits per heavy atom. The Morgan fingerprint density at radius 1 is 1.04 bits per heavy atom. The molecule has 1 fully saturated rings. The van der Waals surface area contributed by atoms with Crippen LogP contribution in [-0.4, -0.2) is 29.5 Å². The Bertz CT molecular complexity index is 703. The average Bonchev–Trinajstić information content (AvgIpc) is 2.66. The molecule has 25 heavy (non-hydrogen) atoms. The van der Waals surface area contributed by atoms with Gasteiger partial charge in [-0.2, -0.15) is 0 Å². The van der Waals surface area contributed by atoms with Crippen molar-refractivity contribution in [3.05, 3.63) is 71.8 Å². The highest BCUT2D eigenvalue weighted by atomic mass is 16.6. The molecule has 1 atom stereocenters. The molecular weight excluding hydrogens is 316 g/mol. The third-order valence-electron chi connectivity index (χ3n) is 4.27. The minimum Gasteiger partial charge on any atom is -0.445 e. The first-order valence-corrected chi connectivity index (χ1v) is 8.53. The molecule has 1 aliphatic rings. The number of carbonyl (C=O) groups excluding carboxylic acids is 2. The average molecular weight is 338 g/mol. The number of nitrogens with zero attached hydrogens (tertiary/aromatic N) is 1. The van der Waals surface area contributed by atoms with E-state index in [2.05, 4.69) is 5.32 Å². The van der Waals surface area contributed by atoms with Crippen molar-refractivity contribution in [3.8, 4) is 0 Å². The molecule has 130 valence electrons. The number of amides is 2. The zero-order chi connectivity index (χ0) is 17.5. The van der Waals surface area contributed by atoms with Gasteiger partial charge in [0.2, 0.25) is 5.91 Å². The lowest BCUT2D eigenvalue weighted by Gasteiger charge is -2.32. The molecule has 0 spiro atoms. The second-order valence-corrected chi connectivity index (χ2v) is 6.10. The van der Waals surface area contributed by atoms with Gasteiger partial charge in [-0.15, -0.1) is 0 Å². The summed E-state index contributed by atoms with van der Waals surface area (Å²) in [4.78, 5) is 26.5. The van der Waals surface area contributed by atoms with Gasteiger partial charge in [-0.1, -0.05) is 60.7 Å². The first-order valence-electron chi connectivity index (χ1n) is 8.53. The Hall–Kier alpha value is -2.82. The van der Waals surface area contributed by atoms with E-state index in [1.807, 2.05) is 60.7 Å². The van der Waals surface area contributed by atoms with E-state index in [-0.39, 0.29) is 12.5 Å². The first-order chi connectivity index (χ1) is 12.2. The summed E-state index contributed by atoms with van der Waals surface area (Å²) in [6.45, 7) is 1.21. The molecule has 2 aromatic carbocycles. The predicted molar refractivity (Wildman–Crippen MR) is 94.6 cm³/mol. The van der Waals surface area contributed by atoms with Crippen LogP contribution in [0.2, 0.25) is 0 Å². The van der Waals surface area contributed by atoms with Crippen LogP contribution in [0.5, 0.6) is 0 Å². The summed E-state index contributed by atoms with van der Waals surface area (Å²) in [7, 11) is 0. The molecule has 0 aliphatic carbocycles. The molecule has 2 amide bonds. The predicted octanol–water partition coefficient (Wildman–Crippen LogP) is 3.10. The maximum Gasteiger partial charge on any atom is 0.411 e. The van der Waals surface area contributed by atoms with Crippen LogP contribution in [0.15, 0.2) is 60.7 Å². The summed E-state index contributed by atoms with van der Waals surface area (Å²) >= 11 is 0. The standard InChI is InChI=1S/C20H22N2O3/c23-19-18(12-7-13-21-19)22(14-16-8-3-1-4-9-16)20(24)25-15-17-10-5-2-6-11-17/h1-6,8-11,18H,7,12-15H2,(H,21,23)/t18-/m0/s1. The van der Waals surface area contributed by atoms with E-state index in [4.69, 9.17) is 4.74 Å². The molecule has 1 saturated heterocycles. The topological polar surface area (TPSA) is 58.6 Å². The molecule has 2 aromatic rings. The van der Waals surface area contributed by atoms with Gasteiger partial charge >= 0.3 is 6.09 Å². The smallest absolute Gasteiger partial charge is 0.411 e. The minimum atomic E-state index is -0.489. The van der Waals surface area contributed by atoms with Gasteiger partial charge in [0, 0.05) is 13.1 Å². The van der Waals surface area contributed by atoms with Gasteiger partial charge in [0.25, 0.3) is 0 Å². The molecule has 0 radical (unpaired) electrons.